The SMILES string of the molecule is CC(C)(C)OC(=O)n1ncc2cc(NC(=O)NCCCl)ccc21. The Bertz CT molecular complexity index is 721. The zero-order valence-corrected chi connectivity index (χ0v) is 14.0. The van der Waals surface area contributed by atoms with E-state index in [9.17, 15) is 9.59 Å². The number of nitrogens with zero attached hydrogens (tertiary/aromatic N) is 2. The molecule has 1 heterocycles. The predicted octanol–water partition coefficient (Wildman–Crippen LogP) is 3.18. The first-order chi connectivity index (χ1) is 10.8. The number of anilines is 1. The highest BCUT2D eigenvalue weighted by molar-refractivity contribution is 6.18. The first-order valence-corrected chi connectivity index (χ1v) is 7.65. The van der Waals surface area contributed by atoms with Crippen LogP contribution < -0.4 is 10.6 Å². The van der Waals surface area contributed by atoms with Crippen LogP contribution in [0.5, 0.6) is 0 Å². The summed E-state index contributed by atoms with van der Waals surface area (Å²) >= 11 is 5.51. The number of ether oxygens (including phenoxy) is 1. The maximum absolute atomic E-state index is 12.1. The van der Waals surface area contributed by atoms with E-state index < -0.39 is 11.7 Å². The summed E-state index contributed by atoms with van der Waals surface area (Å²) in [6.07, 6.45) is 0.995. The molecule has 2 N–H and O–H groups in total. The Morgan fingerprint density at radius 2 is 2.09 bits per heavy atom. The Balaban J connectivity index is 2.17. The largest absolute Gasteiger partial charge is 0.442 e. The summed E-state index contributed by atoms with van der Waals surface area (Å²) in [5.74, 6) is 0.342. The number of hydrogen-bond donors (Lipinski definition) is 2. The summed E-state index contributed by atoms with van der Waals surface area (Å²) in [6.45, 7) is 5.75. The molecule has 0 atom stereocenters. The number of nitrogens with one attached hydrogen (secondary N) is 2. The van der Waals surface area contributed by atoms with Crippen LogP contribution in [-0.2, 0) is 4.74 Å². The summed E-state index contributed by atoms with van der Waals surface area (Å²) in [5.41, 5.74) is 0.594. The van der Waals surface area contributed by atoms with Crippen molar-refractivity contribution in [2.24, 2.45) is 0 Å². The normalized spacial score (nSPS) is 11.3. The van der Waals surface area contributed by atoms with Crippen molar-refractivity contribution in [3.05, 3.63) is 24.4 Å². The first-order valence-electron chi connectivity index (χ1n) is 7.12. The smallest absolute Gasteiger partial charge is 0.435 e. The van der Waals surface area contributed by atoms with Crippen LogP contribution in [0.4, 0.5) is 15.3 Å². The number of amides is 2. The van der Waals surface area contributed by atoms with Crippen molar-refractivity contribution >= 4 is 40.3 Å². The van der Waals surface area contributed by atoms with Gasteiger partial charge in [-0.25, -0.2) is 9.59 Å². The van der Waals surface area contributed by atoms with Gasteiger partial charge in [-0.15, -0.1) is 11.6 Å². The molecule has 0 spiro atoms. The molecule has 2 aromatic rings. The molecular weight excluding hydrogens is 320 g/mol. The molecule has 0 aliphatic carbocycles. The lowest BCUT2D eigenvalue weighted by Gasteiger charge is -2.19. The number of alkyl halides is 1. The third kappa shape index (κ3) is 4.59. The van der Waals surface area contributed by atoms with E-state index in [1.54, 1.807) is 45.2 Å². The van der Waals surface area contributed by atoms with Crippen LogP contribution in [0.2, 0.25) is 0 Å². The van der Waals surface area contributed by atoms with Gasteiger partial charge in [-0.3, -0.25) is 0 Å². The van der Waals surface area contributed by atoms with Crippen molar-refractivity contribution in [2.75, 3.05) is 17.7 Å². The lowest BCUT2D eigenvalue weighted by atomic mass is 10.2. The van der Waals surface area contributed by atoms with Crippen LogP contribution in [0.1, 0.15) is 20.8 Å². The number of carbonyl (C=O) groups is 2. The van der Waals surface area contributed by atoms with E-state index in [2.05, 4.69) is 15.7 Å². The summed E-state index contributed by atoms with van der Waals surface area (Å²) < 4.78 is 6.49. The monoisotopic (exact) mass is 338 g/mol. The van der Waals surface area contributed by atoms with Gasteiger partial charge in [0.15, 0.2) is 0 Å². The number of hydrogen-bond acceptors (Lipinski definition) is 4. The molecule has 7 nitrogen and oxygen atoms in total. The lowest BCUT2D eigenvalue weighted by Crippen LogP contribution is -2.30. The number of aromatic nitrogens is 2. The van der Waals surface area contributed by atoms with Gasteiger partial charge in [-0.1, -0.05) is 0 Å². The van der Waals surface area contributed by atoms with Crippen molar-refractivity contribution in [3.63, 3.8) is 0 Å². The van der Waals surface area contributed by atoms with Gasteiger partial charge in [-0.05, 0) is 39.0 Å². The fourth-order valence-electron chi connectivity index (χ4n) is 1.90. The van der Waals surface area contributed by atoms with Gasteiger partial charge >= 0.3 is 12.1 Å². The van der Waals surface area contributed by atoms with E-state index in [1.165, 1.54) is 4.68 Å². The molecule has 0 saturated carbocycles. The molecule has 0 fully saturated rings. The third-order valence-corrected chi connectivity index (χ3v) is 2.96. The molecule has 8 heteroatoms. The van der Waals surface area contributed by atoms with Crippen LogP contribution >= 0.6 is 11.6 Å². The zero-order valence-electron chi connectivity index (χ0n) is 13.2. The van der Waals surface area contributed by atoms with Crippen LogP contribution in [0.3, 0.4) is 0 Å². The second-order valence-corrected chi connectivity index (χ2v) is 6.26. The second-order valence-electron chi connectivity index (χ2n) is 5.88. The minimum Gasteiger partial charge on any atom is -0.442 e. The Morgan fingerprint density at radius 3 is 2.74 bits per heavy atom. The van der Waals surface area contributed by atoms with Crippen molar-refractivity contribution in [1.82, 2.24) is 15.1 Å². The van der Waals surface area contributed by atoms with Crippen molar-refractivity contribution in [3.8, 4) is 0 Å². The molecule has 0 unspecified atom stereocenters. The van der Waals surface area contributed by atoms with E-state index in [4.69, 9.17) is 16.3 Å². The van der Waals surface area contributed by atoms with Crippen LogP contribution in [-0.4, -0.2) is 39.9 Å². The average Bonchev–Trinajstić information content (AvgIpc) is 2.86. The Morgan fingerprint density at radius 1 is 1.35 bits per heavy atom. The molecule has 1 aromatic heterocycles. The van der Waals surface area contributed by atoms with E-state index >= 15 is 0 Å². The number of urea groups is 1. The summed E-state index contributed by atoms with van der Waals surface area (Å²) in [7, 11) is 0. The molecule has 2 rings (SSSR count). The zero-order chi connectivity index (χ0) is 17.0. The number of halogens is 1. The maximum atomic E-state index is 12.1. The highest BCUT2D eigenvalue weighted by atomic mass is 35.5. The standard InChI is InChI=1S/C15H19ClN4O3/c1-15(2,3)23-14(22)20-12-5-4-11(8-10(12)9-18-20)19-13(21)17-7-6-16/h4-5,8-9H,6-7H2,1-3H3,(H2,17,19,21). The fourth-order valence-corrected chi connectivity index (χ4v) is 1.99. The molecule has 0 aliphatic heterocycles. The highest BCUT2D eigenvalue weighted by Crippen LogP contribution is 2.20. The lowest BCUT2D eigenvalue weighted by molar-refractivity contribution is 0.0522. The van der Waals surface area contributed by atoms with E-state index in [0.29, 0.717) is 29.0 Å². The number of carbonyl (C=O) groups excluding carboxylic acids is 2. The molecule has 2 amide bonds. The topological polar surface area (TPSA) is 85.2 Å². The molecule has 0 aliphatic rings. The van der Waals surface area contributed by atoms with Gasteiger partial charge in [0.2, 0.25) is 0 Å². The third-order valence-electron chi connectivity index (χ3n) is 2.77. The highest BCUT2D eigenvalue weighted by Gasteiger charge is 2.20. The maximum Gasteiger partial charge on any atom is 0.435 e. The van der Waals surface area contributed by atoms with Crippen molar-refractivity contribution in [1.29, 1.82) is 0 Å². The summed E-state index contributed by atoms with van der Waals surface area (Å²) in [4.78, 5) is 23.7. The molecule has 23 heavy (non-hydrogen) atoms. The number of benzene rings is 1. The van der Waals surface area contributed by atoms with Gasteiger partial charge in [0.05, 0.1) is 11.7 Å². The Labute approximate surface area is 138 Å². The number of fused-ring (bicyclic) bond motifs is 1. The molecule has 0 radical (unpaired) electrons. The van der Waals surface area contributed by atoms with Gasteiger partial charge in [0.25, 0.3) is 0 Å². The van der Waals surface area contributed by atoms with E-state index in [-0.39, 0.29) is 6.03 Å². The molecule has 0 saturated heterocycles. The van der Waals surface area contributed by atoms with Crippen LogP contribution in [0, 0.1) is 0 Å². The van der Waals surface area contributed by atoms with E-state index in [0.717, 1.165) is 0 Å². The Kier molecular flexibility index (Phi) is 5.10. The molecule has 124 valence electrons. The van der Waals surface area contributed by atoms with Crippen molar-refractivity contribution < 1.29 is 14.3 Å². The number of rotatable bonds is 3. The van der Waals surface area contributed by atoms with Gasteiger partial charge < -0.3 is 15.4 Å². The second kappa shape index (κ2) is 6.87. The molecule has 1 aromatic carbocycles. The molecule has 0 bridgehead atoms. The van der Waals surface area contributed by atoms with Gasteiger partial charge in [-0.2, -0.15) is 9.78 Å². The van der Waals surface area contributed by atoms with Gasteiger partial charge in [0.1, 0.15) is 5.60 Å². The fraction of sp³-hybridized carbons (Fsp3) is 0.400. The minimum absolute atomic E-state index is 0.342. The predicted molar refractivity (Wildman–Crippen MR) is 89.1 cm³/mol. The van der Waals surface area contributed by atoms with Crippen LogP contribution in [0.15, 0.2) is 24.4 Å². The quantitative estimate of drug-likeness (QED) is 0.842. The summed E-state index contributed by atoms with van der Waals surface area (Å²) in [6, 6.07) is 4.77. The van der Waals surface area contributed by atoms with Crippen LogP contribution in [0.25, 0.3) is 10.9 Å². The Hall–Kier alpha value is -2.28. The average molecular weight is 339 g/mol. The summed E-state index contributed by atoms with van der Waals surface area (Å²) in [5, 5.41) is 10.0. The van der Waals surface area contributed by atoms with Crippen molar-refractivity contribution in [2.45, 2.75) is 26.4 Å². The molecular formula is C15H19ClN4O3. The first kappa shape index (κ1) is 17.1. The minimum atomic E-state index is -0.600. The van der Waals surface area contributed by atoms with E-state index in [1.807, 2.05) is 0 Å². The van der Waals surface area contributed by atoms with Gasteiger partial charge in [0, 0.05) is 23.5 Å².